The molecule has 0 aliphatic heterocycles. The number of methoxy groups -OCH3 is 2. The first-order valence-corrected chi connectivity index (χ1v) is 44.7. The minimum Gasteiger partial charge on any atom is -0.536 e. The summed E-state index contributed by atoms with van der Waals surface area (Å²) in [4.78, 5) is 61.9. The van der Waals surface area contributed by atoms with E-state index >= 15 is 0 Å². The molecule has 28 nitrogen and oxygen atoms in total. The van der Waals surface area contributed by atoms with Crippen LogP contribution in [-0.4, -0.2) is 156 Å². The fourth-order valence-electron chi connectivity index (χ4n) is 15.0. The van der Waals surface area contributed by atoms with Gasteiger partial charge in [-0.25, -0.2) is 10.2 Å². The van der Waals surface area contributed by atoms with Crippen molar-refractivity contribution < 1.29 is 101 Å². The molecule has 0 atom stereocenters. The molecule has 0 spiro atoms. The Morgan fingerprint density at radius 1 is 0.287 bits per heavy atom. The molecule has 18 aromatic rings. The first-order chi connectivity index (χ1) is 63.3. The van der Waals surface area contributed by atoms with Gasteiger partial charge in [0.2, 0.25) is 0 Å². The van der Waals surface area contributed by atoms with Crippen LogP contribution < -0.4 is 9.47 Å². The molecule has 34 heteroatoms. The van der Waals surface area contributed by atoms with Gasteiger partial charge in [-0.2, -0.15) is 23.5 Å². The Kier molecular flexibility index (Phi) is 34.1. The number of ether oxygens (including phenoxy) is 2. The second-order valence-electron chi connectivity index (χ2n) is 33.4. The summed E-state index contributed by atoms with van der Waals surface area (Å²) >= 11 is 3.16. The first kappa shape index (κ1) is 104. The number of ketones is 2. The number of nitrogens with zero attached hydrogens (tertiary/aromatic N) is 24. The van der Waals surface area contributed by atoms with Crippen LogP contribution in [0, 0.1) is 91.1 Å². The van der Waals surface area contributed by atoms with E-state index in [9.17, 15) is 9.59 Å². The van der Waals surface area contributed by atoms with Crippen molar-refractivity contribution in [3.05, 3.63) is 358 Å². The molecule has 16 aromatic heterocycles. The summed E-state index contributed by atoms with van der Waals surface area (Å²) in [5.74, 6) is 6.02. The molecule has 0 N–H and O–H groups in total. The van der Waals surface area contributed by atoms with E-state index in [1.165, 1.54) is 56.6 Å². The average molecular weight is 2210 g/mol. The largest absolute Gasteiger partial charge is 2.00 e. The maximum Gasteiger partial charge on any atom is 2.00 e. The number of carbonyl (C=O) groups excluding carboxylic acids is 2. The van der Waals surface area contributed by atoms with Crippen LogP contribution in [0.1, 0.15) is 169 Å². The zero-order valence-corrected chi connectivity index (χ0v) is 86.1. The second-order valence-corrected chi connectivity index (χ2v) is 35.1. The number of hydrogen-bond acceptors (Lipinski definition) is 22. The van der Waals surface area contributed by atoms with Gasteiger partial charge in [-0.1, -0.05) is 216 Å². The van der Waals surface area contributed by atoms with E-state index in [-0.39, 0.29) is 93.3 Å². The third-order valence-corrected chi connectivity index (χ3v) is 23.6. The van der Waals surface area contributed by atoms with Crippen molar-refractivity contribution in [2.24, 2.45) is 0 Å². The molecule has 0 unspecified atom stereocenters. The predicted octanol–water partition coefficient (Wildman–Crippen LogP) is 18.1. The SMILES string of the molecule is CC(=O)c1c[c-]n(-c2cccc(C(C)(C)c3cccc(-n4[c-]cc(C(C)=O)n4)n3)n2)n1.COc1c[c-]n(-c2cccc(C(C)(C)c3cccc(-n4[c-]cc(OC)n4)n3)n2)n1.CSc1c[c-]n(-c2cccc(C(C)(C)c3cccc(-n4[c-]cc(SC)n4)n3)n2)n1.Cc1cc(C)c(-c2c[c-]n(-c3cccc(C(C)(C)c4cccc(-n5[c-]cc(-c6c(C)cc(C)cc6C)n5)n4)n3)n2)c(C)c1.[Pd+2].[Pd+2].[Pd+2].[Pd+2]. The number of aryl methyl sites for hydroxylation is 6. The van der Waals surface area contributed by atoms with E-state index < -0.39 is 21.7 Å². The normalized spacial score (nSPS) is 11.3. The van der Waals surface area contributed by atoms with E-state index in [1.807, 2.05) is 184 Å². The molecule has 16 heterocycles. The molecule has 0 saturated heterocycles. The van der Waals surface area contributed by atoms with Gasteiger partial charge in [0.15, 0.2) is 0 Å². The number of aromatic nitrogens is 24. The van der Waals surface area contributed by atoms with E-state index in [0.717, 1.165) is 89.8 Å². The van der Waals surface area contributed by atoms with Crippen molar-refractivity contribution in [3.63, 3.8) is 0 Å². The second kappa shape index (κ2) is 44.6. The van der Waals surface area contributed by atoms with Crippen molar-refractivity contribution >= 4 is 35.1 Å². The van der Waals surface area contributed by atoms with Gasteiger partial charge in [0.25, 0.3) is 0 Å². The van der Waals surface area contributed by atoms with E-state index in [1.54, 1.807) is 102 Å². The van der Waals surface area contributed by atoms with Gasteiger partial charge in [0, 0.05) is 88.7 Å². The maximum absolute atomic E-state index is 11.5. The molecule has 136 heavy (non-hydrogen) atoms. The van der Waals surface area contributed by atoms with Gasteiger partial charge in [-0.05, 0) is 194 Å². The molecular formula is C102H96N24O4Pd4S2. The Hall–Kier alpha value is -12.4. The molecule has 0 aliphatic carbocycles. The molecule has 0 radical (unpaired) electrons. The van der Waals surface area contributed by atoms with Crippen LogP contribution in [0.25, 0.3) is 69.1 Å². The topological polar surface area (TPSA) is 298 Å². The number of thioether (sulfide) groups is 2. The van der Waals surface area contributed by atoms with Crippen molar-refractivity contribution in [1.82, 2.24) is 118 Å². The van der Waals surface area contributed by atoms with Crippen LogP contribution in [0.5, 0.6) is 11.8 Å². The standard InChI is InChI=1S/C37H36N6.C23H20N6O2.C21H20N6O2.C21H20N6S2.4Pd/c1-23-19-25(3)35(26(4)20-23)29-15-17-42(40-29)33-13-9-11-31(38-33)37(7,8)32-12-10-14-34(39-32)43-18-16-30(41-43)36-27(5)21-24(2)22-28(36)6;1-15(30)17-11-13-28(26-17)21-9-5-7-19(24-21)23(3,4)20-8-6-10-22(25-20)29-14-12-18(27-29)16(2)31;2*1-21(2,15-7-5-9-17(22-15)26-13-11-19(24-26)28-3)16-8-6-10-18(23-16)27-14-12-20(25-27)29-4;;;;/h9-16,19-22H,1-8H3;5-12H,1-4H3;2*5-12H,1-4H3;;;;/q4*-2;4*+2. The third-order valence-electron chi connectivity index (χ3n) is 22.3. The number of benzene rings is 2. The number of rotatable bonds is 24. The molecule has 18 rings (SSSR count). The monoisotopic (exact) mass is 2210 g/mol. The summed E-state index contributed by atoms with van der Waals surface area (Å²) in [6, 6.07) is 69.5. The molecule has 700 valence electrons. The van der Waals surface area contributed by atoms with E-state index in [0.29, 0.717) is 58.1 Å². The quantitative estimate of drug-likeness (QED) is 0.0235. The van der Waals surface area contributed by atoms with Crippen LogP contribution >= 0.6 is 23.5 Å². The van der Waals surface area contributed by atoms with Crippen molar-refractivity contribution in [2.75, 3.05) is 26.7 Å². The Balaban J connectivity index is 0.000000175. The Bertz CT molecular complexity index is 6580. The van der Waals surface area contributed by atoms with Gasteiger partial charge in [-0.3, -0.25) is 70.5 Å². The summed E-state index contributed by atoms with van der Waals surface area (Å²) in [6.45, 7) is 32.4. The Morgan fingerprint density at radius 2 is 0.493 bits per heavy atom. The van der Waals surface area contributed by atoms with Crippen molar-refractivity contribution in [2.45, 2.75) is 142 Å². The fraction of sp³-hybridized carbons (Fsp3) is 0.235. The molecule has 2 aromatic carbocycles. The van der Waals surface area contributed by atoms with E-state index in [2.05, 4.69) is 188 Å². The number of hydrogen-bond donors (Lipinski definition) is 0. The molecule has 0 saturated carbocycles. The molecule has 0 aliphatic rings. The van der Waals surface area contributed by atoms with Crippen LogP contribution in [0.4, 0.5) is 0 Å². The summed E-state index contributed by atoms with van der Waals surface area (Å²) in [7, 11) is 3.14. The zero-order valence-electron chi connectivity index (χ0n) is 78.2. The average Bonchev–Trinajstić information content (AvgIpc) is 1.74. The van der Waals surface area contributed by atoms with Gasteiger partial charge in [-0.15, -0.1) is 36.4 Å². The molecular weight excluding hydrogens is 2120 g/mol. The van der Waals surface area contributed by atoms with E-state index in [4.69, 9.17) is 59.5 Å². The Morgan fingerprint density at radius 3 is 0.699 bits per heavy atom. The summed E-state index contributed by atoms with van der Waals surface area (Å²) in [6.07, 6.45) is 28.6. The fourth-order valence-corrected chi connectivity index (χ4v) is 15.6. The van der Waals surface area contributed by atoms with Gasteiger partial charge in [0.1, 0.15) is 23.3 Å². The maximum atomic E-state index is 11.5. The number of Topliss-reactive ketones (excluding diaryl/α,β-unsaturated/α-hetero) is 2. The molecule has 0 amide bonds. The number of carbonyl (C=O) groups is 2. The summed E-state index contributed by atoms with van der Waals surface area (Å²) < 4.78 is 23.1. The molecule has 0 fully saturated rings. The zero-order chi connectivity index (χ0) is 93.5. The smallest absolute Gasteiger partial charge is 0.536 e. The summed E-state index contributed by atoms with van der Waals surface area (Å²) in [5, 5.41) is 37.6. The van der Waals surface area contributed by atoms with Crippen molar-refractivity contribution in [1.29, 1.82) is 0 Å². The van der Waals surface area contributed by atoms with Crippen LogP contribution in [-0.2, 0) is 103 Å². The van der Waals surface area contributed by atoms with Gasteiger partial charge < -0.3 is 56.5 Å². The minimum atomic E-state index is -0.543. The molecule has 0 bridgehead atoms. The van der Waals surface area contributed by atoms with Crippen LogP contribution in [0.15, 0.2) is 228 Å². The predicted molar refractivity (Wildman–Crippen MR) is 506 cm³/mol. The third kappa shape index (κ3) is 23.3. The van der Waals surface area contributed by atoms with Gasteiger partial charge >= 0.3 is 81.7 Å². The Labute approximate surface area is 854 Å². The van der Waals surface area contributed by atoms with Gasteiger partial charge in [0.05, 0.1) is 60.8 Å². The summed E-state index contributed by atoms with van der Waals surface area (Å²) in [5.41, 5.74) is 17.0. The van der Waals surface area contributed by atoms with Crippen molar-refractivity contribution in [3.8, 4) is 80.8 Å². The van der Waals surface area contributed by atoms with Crippen LogP contribution in [0.3, 0.4) is 0 Å². The number of pyridine rings is 8. The van der Waals surface area contributed by atoms with Crippen LogP contribution in [0.2, 0.25) is 0 Å². The minimum absolute atomic E-state index is 0. The first-order valence-electron chi connectivity index (χ1n) is 42.3.